The van der Waals surface area contributed by atoms with Crippen LogP contribution in [0.5, 0.6) is 5.88 Å². The fraction of sp³-hybridized carbons (Fsp3) is 0.643. The highest BCUT2D eigenvalue weighted by atomic mass is 35.5. The molecule has 0 saturated carbocycles. The van der Waals surface area contributed by atoms with Crippen molar-refractivity contribution in [2.75, 3.05) is 20.7 Å². The molecule has 1 saturated heterocycles. The van der Waals surface area contributed by atoms with Gasteiger partial charge in [0, 0.05) is 12.6 Å². The molecule has 0 N–H and O–H groups in total. The van der Waals surface area contributed by atoms with Gasteiger partial charge < -0.3 is 14.2 Å². The molecule has 1 fully saturated rings. The third kappa shape index (κ3) is 2.70. The molecule has 3 rings (SSSR count). The first-order valence-electron chi connectivity index (χ1n) is 7.25. The molecule has 1 aliphatic heterocycles. The molecule has 1 atom stereocenters. The summed E-state index contributed by atoms with van der Waals surface area (Å²) in [5.41, 5.74) is 1.49. The number of piperidine rings is 1. The van der Waals surface area contributed by atoms with Crippen molar-refractivity contribution in [3.05, 3.63) is 12.2 Å². The van der Waals surface area contributed by atoms with E-state index in [0.29, 0.717) is 23.3 Å². The largest absolute Gasteiger partial charge is 0.479 e. The minimum Gasteiger partial charge on any atom is -0.479 e. The third-order valence-electron chi connectivity index (χ3n) is 4.21. The molecule has 0 amide bonds. The number of nitrogens with zero attached hydrogens (tertiary/aromatic N) is 5. The number of halogens is 1. The van der Waals surface area contributed by atoms with Crippen molar-refractivity contribution < 1.29 is 4.74 Å². The summed E-state index contributed by atoms with van der Waals surface area (Å²) < 4.78 is 7.38. The molecule has 2 aromatic rings. The standard InChI is InChI=1S/C14H20ClN5O/c1-19-6-4-3-5-10(19)8-20-11(7-15)18-12-13(20)16-9-17-14(12)21-2/h9-10H,3-8H2,1-2H3. The van der Waals surface area contributed by atoms with E-state index in [9.17, 15) is 0 Å². The quantitative estimate of drug-likeness (QED) is 0.809. The van der Waals surface area contributed by atoms with Crippen LogP contribution >= 0.6 is 11.6 Å². The fourth-order valence-electron chi connectivity index (χ4n) is 2.99. The van der Waals surface area contributed by atoms with Gasteiger partial charge in [0.1, 0.15) is 12.2 Å². The van der Waals surface area contributed by atoms with E-state index in [1.807, 2.05) is 0 Å². The molecule has 2 aromatic heterocycles. The van der Waals surface area contributed by atoms with Gasteiger partial charge in [-0.05, 0) is 26.4 Å². The van der Waals surface area contributed by atoms with E-state index < -0.39 is 0 Å². The molecule has 0 bridgehead atoms. The van der Waals surface area contributed by atoms with Crippen LogP contribution in [-0.4, -0.2) is 51.2 Å². The monoisotopic (exact) mass is 309 g/mol. The topological polar surface area (TPSA) is 56.1 Å². The number of imidazole rings is 1. The van der Waals surface area contributed by atoms with Gasteiger partial charge in [-0.25, -0.2) is 9.97 Å². The summed E-state index contributed by atoms with van der Waals surface area (Å²) in [6.45, 7) is 2.00. The van der Waals surface area contributed by atoms with Crippen LogP contribution in [0.3, 0.4) is 0 Å². The van der Waals surface area contributed by atoms with Crippen molar-refractivity contribution in [1.82, 2.24) is 24.4 Å². The van der Waals surface area contributed by atoms with Gasteiger partial charge in [-0.3, -0.25) is 0 Å². The van der Waals surface area contributed by atoms with Gasteiger partial charge in [0.25, 0.3) is 0 Å². The predicted octanol–water partition coefficient (Wildman–Crippen LogP) is 2.06. The zero-order chi connectivity index (χ0) is 14.8. The normalized spacial score (nSPS) is 20.0. The van der Waals surface area contributed by atoms with Crippen molar-refractivity contribution in [1.29, 1.82) is 0 Å². The SMILES string of the molecule is COc1ncnc2c1nc(CCl)n2CC1CCCCN1C. The van der Waals surface area contributed by atoms with Gasteiger partial charge >= 0.3 is 0 Å². The van der Waals surface area contributed by atoms with Crippen LogP contribution in [0.4, 0.5) is 0 Å². The summed E-state index contributed by atoms with van der Waals surface area (Å²) in [5, 5.41) is 0. The lowest BCUT2D eigenvalue weighted by atomic mass is 10.0. The number of alkyl halides is 1. The van der Waals surface area contributed by atoms with Gasteiger partial charge in [0.2, 0.25) is 5.88 Å². The first-order chi connectivity index (χ1) is 10.2. The Morgan fingerprint density at radius 3 is 2.95 bits per heavy atom. The number of hydrogen-bond donors (Lipinski definition) is 0. The maximum Gasteiger partial charge on any atom is 0.245 e. The Kier molecular flexibility index (Phi) is 4.26. The molecule has 0 radical (unpaired) electrons. The number of fused-ring (bicyclic) bond motifs is 1. The molecule has 1 aliphatic rings. The summed E-state index contributed by atoms with van der Waals surface area (Å²) in [6.07, 6.45) is 5.26. The summed E-state index contributed by atoms with van der Waals surface area (Å²) in [5.74, 6) is 1.68. The van der Waals surface area contributed by atoms with Gasteiger partial charge in [-0.2, -0.15) is 4.98 Å². The highest BCUT2D eigenvalue weighted by molar-refractivity contribution is 6.16. The third-order valence-corrected chi connectivity index (χ3v) is 4.44. The minimum atomic E-state index is 0.357. The molecule has 114 valence electrons. The number of likely N-dealkylation sites (tertiary alicyclic amines) is 1. The Labute approximate surface area is 129 Å². The number of methoxy groups -OCH3 is 1. The predicted molar refractivity (Wildman–Crippen MR) is 81.7 cm³/mol. The number of likely N-dealkylation sites (N-methyl/N-ethyl adjacent to an activating group) is 1. The number of aromatic nitrogens is 4. The number of rotatable bonds is 4. The first-order valence-corrected chi connectivity index (χ1v) is 7.78. The average molecular weight is 310 g/mol. The zero-order valence-electron chi connectivity index (χ0n) is 12.4. The smallest absolute Gasteiger partial charge is 0.245 e. The second kappa shape index (κ2) is 6.15. The lowest BCUT2D eigenvalue weighted by Crippen LogP contribution is -2.39. The van der Waals surface area contributed by atoms with E-state index in [1.54, 1.807) is 7.11 Å². The van der Waals surface area contributed by atoms with Crippen LogP contribution in [0, 0.1) is 0 Å². The molecule has 7 heteroatoms. The van der Waals surface area contributed by atoms with Crippen LogP contribution in [0.15, 0.2) is 6.33 Å². The van der Waals surface area contributed by atoms with Crippen molar-refractivity contribution in [2.24, 2.45) is 0 Å². The Morgan fingerprint density at radius 2 is 2.24 bits per heavy atom. The van der Waals surface area contributed by atoms with Crippen LogP contribution in [0.2, 0.25) is 0 Å². The molecular weight excluding hydrogens is 290 g/mol. The van der Waals surface area contributed by atoms with Crippen LogP contribution in [0.1, 0.15) is 25.1 Å². The van der Waals surface area contributed by atoms with Gasteiger partial charge in [0.15, 0.2) is 11.2 Å². The molecule has 1 unspecified atom stereocenters. The van der Waals surface area contributed by atoms with E-state index in [-0.39, 0.29) is 0 Å². The van der Waals surface area contributed by atoms with Crippen molar-refractivity contribution in [3.63, 3.8) is 0 Å². The zero-order valence-corrected chi connectivity index (χ0v) is 13.2. The van der Waals surface area contributed by atoms with E-state index in [4.69, 9.17) is 16.3 Å². The Bertz CT molecular complexity index is 629. The van der Waals surface area contributed by atoms with Gasteiger partial charge in [-0.15, -0.1) is 11.6 Å². The highest BCUT2D eigenvalue weighted by Gasteiger charge is 2.23. The molecule has 0 aliphatic carbocycles. The molecular formula is C14H20ClN5O. The van der Waals surface area contributed by atoms with Crippen molar-refractivity contribution in [2.45, 2.75) is 37.7 Å². The first kappa shape index (κ1) is 14.5. The van der Waals surface area contributed by atoms with Crippen LogP contribution in [-0.2, 0) is 12.4 Å². The summed E-state index contributed by atoms with van der Waals surface area (Å²) in [6, 6.07) is 0.499. The van der Waals surface area contributed by atoms with Gasteiger partial charge in [0.05, 0.1) is 13.0 Å². The highest BCUT2D eigenvalue weighted by Crippen LogP contribution is 2.25. The lowest BCUT2D eigenvalue weighted by molar-refractivity contribution is 0.167. The van der Waals surface area contributed by atoms with Crippen molar-refractivity contribution in [3.8, 4) is 5.88 Å². The molecule has 0 aromatic carbocycles. The summed E-state index contributed by atoms with van der Waals surface area (Å²) >= 11 is 6.07. The maximum atomic E-state index is 6.07. The van der Waals surface area contributed by atoms with Crippen molar-refractivity contribution >= 4 is 22.8 Å². The molecule has 0 spiro atoms. The fourth-order valence-corrected chi connectivity index (χ4v) is 3.19. The number of hydrogen-bond acceptors (Lipinski definition) is 5. The van der Waals surface area contributed by atoms with Crippen LogP contribution < -0.4 is 4.74 Å². The van der Waals surface area contributed by atoms with Gasteiger partial charge in [-0.1, -0.05) is 6.42 Å². The molecule has 3 heterocycles. The lowest BCUT2D eigenvalue weighted by Gasteiger charge is -2.33. The summed E-state index contributed by atoms with van der Waals surface area (Å²) in [4.78, 5) is 15.5. The second-order valence-electron chi connectivity index (χ2n) is 5.46. The van der Waals surface area contributed by atoms with E-state index in [0.717, 1.165) is 24.6 Å². The van der Waals surface area contributed by atoms with E-state index in [2.05, 4.69) is 31.5 Å². The number of ether oxygens (including phenoxy) is 1. The molecule has 21 heavy (non-hydrogen) atoms. The second-order valence-corrected chi connectivity index (χ2v) is 5.72. The molecule has 6 nitrogen and oxygen atoms in total. The minimum absolute atomic E-state index is 0.357. The maximum absolute atomic E-state index is 6.07. The average Bonchev–Trinajstić information content (AvgIpc) is 2.87. The van der Waals surface area contributed by atoms with E-state index in [1.165, 1.54) is 25.6 Å². The van der Waals surface area contributed by atoms with Crippen LogP contribution in [0.25, 0.3) is 11.2 Å². The van der Waals surface area contributed by atoms with E-state index >= 15 is 0 Å². The Balaban J connectivity index is 2.00. The summed E-state index contributed by atoms with van der Waals surface area (Å²) in [7, 11) is 3.77. The Morgan fingerprint density at radius 1 is 1.38 bits per heavy atom. The Hall–Kier alpha value is -1.40.